The quantitative estimate of drug-likeness (QED) is 0.545. The molecule has 3 aromatic rings. The van der Waals surface area contributed by atoms with Crippen LogP contribution in [0.15, 0.2) is 78.9 Å². The van der Waals surface area contributed by atoms with Crippen molar-refractivity contribution in [1.29, 1.82) is 0 Å². The molecule has 0 aliphatic rings. The van der Waals surface area contributed by atoms with Crippen LogP contribution in [0.4, 0.5) is 17.1 Å². The lowest BCUT2D eigenvalue weighted by atomic mass is 9.85. The van der Waals surface area contributed by atoms with Crippen LogP contribution >= 0.6 is 0 Å². The van der Waals surface area contributed by atoms with Gasteiger partial charge in [-0.2, -0.15) is 0 Å². The Bertz CT molecular complexity index is 854. The number of para-hydroxylation sites is 1. The van der Waals surface area contributed by atoms with E-state index in [1.807, 2.05) is 45.9 Å². The van der Waals surface area contributed by atoms with E-state index in [1.54, 1.807) is 0 Å². The van der Waals surface area contributed by atoms with Gasteiger partial charge in [-0.3, -0.25) is 0 Å². The number of hydrogen-bond donors (Lipinski definition) is 2. The summed E-state index contributed by atoms with van der Waals surface area (Å²) in [5, 5.41) is 19.3. The van der Waals surface area contributed by atoms with Gasteiger partial charge in [-0.05, 0) is 47.5 Å². The monoisotopic (exact) mass is 389 g/mol. The average Bonchev–Trinajstić information content (AvgIpc) is 2.75. The van der Waals surface area contributed by atoms with Crippen LogP contribution in [0.5, 0.6) is 0 Å². The normalized spacial score (nSPS) is 12.1. The van der Waals surface area contributed by atoms with E-state index in [0.29, 0.717) is 0 Å². The number of nitrogens with zero attached hydrogens (tertiary/aromatic N) is 1. The van der Waals surface area contributed by atoms with Gasteiger partial charge in [0.05, 0.1) is 13.2 Å². The summed E-state index contributed by atoms with van der Waals surface area (Å²) < 4.78 is 0. The van der Waals surface area contributed by atoms with Crippen molar-refractivity contribution < 1.29 is 10.2 Å². The smallest absolute Gasteiger partial charge is 0.0522 e. The topological polar surface area (TPSA) is 43.7 Å². The van der Waals surface area contributed by atoms with Gasteiger partial charge in [0.1, 0.15) is 0 Å². The van der Waals surface area contributed by atoms with E-state index in [1.165, 1.54) is 0 Å². The lowest BCUT2D eigenvalue weighted by Crippen LogP contribution is -2.22. The lowest BCUT2D eigenvalue weighted by molar-refractivity contribution is 0.218. The maximum absolute atomic E-state index is 9.67. The third-order valence-corrected chi connectivity index (χ3v) is 5.62. The van der Waals surface area contributed by atoms with E-state index in [9.17, 15) is 10.2 Å². The Balaban J connectivity index is 2.03. The molecule has 0 saturated carbocycles. The first-order valence-electron chi connectivity index (χ1n) is 10.1. The second-order valence-corrected chi connectivity index (χ2v) is 8.85. The summed E-state index contributed by atoms with van der Waals surface area (Å²) in [6, 6.07) is 27.0. The maximum atomic E-state index is 9.67. The van der Waals surface area contributed by atoms with Crippen molar-refractivity contribution in [3.8, 4) is 0 Å². The third-order valence-electron chi connectivity index (χ3n) is 5.62. The van der Waals surface area contributed by atoms with Gasteiger partial charge in [0.25, 0.3) is 0 Å². The Morgan fingerprint density at radius 1 is 0.552 bits per heavy atom. The highest BCUT2D eigenvalue weighted by atomic mass is 16.3. The van der Waals surface area contributed by atoms with Crippen molar-refractivity contribution in [2.75, 3.05) is 18.1 Å². The number of anilines is 3. The zero-order chi connectivity index (χ0) is 21.1. The summed E-state index contributed by atoms with van der Waals surface area (Å²) >= 11 is 0. The minimum Gasteiger partial charge on any atom is -0.395 e. The number of hydrogen-bond acceptors (Lipinski definition) is 3. The van der Waals surface area contributed by atoms with Gasteiger partial charge in [-0.15, -0.1) is 0 Å². The van der Waals surface area contributed by atoms with Crippen molar-refractivity contribution in [2.24, 2.45) is 0 Å². The molecule has 0 aromatic heterocycles. The molecule has 3 rings (SSSR count). The van der Waals surface area contributed by atoms with Crippen LogP contribution in [0.2, 0.25) is 0 Å². The Morgan fingerprint density at radius 2 is 0.897 bits per heavy atom. The molecule has 0 bridgehead atoms. The van der Waals surface area contributed by atoms with Gasteiger partial charge in [0.2, 0.25) is 0 Å². The number of rotatable bonds is 7. The van der Waals surface area contributed by atoms with Crippen molar-refractivity contribution in [2.45, 2.75) is 38.5 Å². The van der Waals surface area contributed by atoms with Crippen LogP contribution in [-0.4, -0.2) is 23.4 Å². The summed E-state index contributed by atoms with van der Waals surface area (Å²) in [4.78, 5) is 2.21. The van der Waals surface area contributed by atoms with Crippen LogP contribution in [0, 0.1) is 0 Å². The molecule has 3 nitrogen and oxygen atoms in total. The van der Waals surface area contributed by atoms with Crippen molar-refractivity contribution in [1.82, 2.24) is 0 Å². The molecule has 0 saturated heterocycles. The second-order valence-electron chi connectivity index (χ2n) is 8.85. The van der Waals surface area contributed by atoms with E-state index in [2.05, 4.69) is 65.6 Å². The largest absolute Gasteiger partial charge is 0.395 e. The fourth-order valence-corrected chi connectivity index (χ4v) is 3.33. The molecule has 0 amide bonds. The first kappa shape index (κ1) is 21.1. The molecule has 152 valence electrons. The van der Waals surface area contributed by atoms with E-state index in [4.69, 9.17) is 0 Å². The van der Waals surface area contributed by atoms with Gasteiger partial charge in [0, 0.05) is 27.9 Å². The standard InChI is InChI=1S/C26H31NO2/c1-25(2,18-28)20-10-14-23(15-11-20)27(22-8-6-5-7-9-22)24-16-12-21(13-17-24)26(3,4)19-29/h5-17,28-29H,18-19H2,1-4H3. The third kappa shape index (κ3) is 4.52. The summed E-state index contributed by atoms with van der Waals surface area (Å²) in [5.74, 6) is 0. The Morgan fingerprint density at radius 3 is 1.24 bits per heavy atom. The Hall–Kier alpha value is -2.62. The number of benzene rings is 3. The van der Waals surface area contributed by atoms with E-state index in [-0.39, 0.29) is 24.0 Å². The molecule has 0 radical (unpaired) electrons. The van der Waals surface area contributed by atoms with Gasteiger partial charge < -0.3 is 15.1 Å². The highest BCUT2D eigenvalue weighted by molar-refractivity contribution is 5.76. The molecule has 3 aromatic carbocycles. The highest BCUT2D eigenvalue weighted by Crippen LogP contribution is 2.36. The van der Waals surface area contributed by atoms with Crippen molar-refractivity contribution in [3.63, 3.8) is 0 Å². The molecule has 0 aliphatic carbocycles. The Kier molecular flexibility index (Phi) is 6.11. The van der Waals surface area contributed by atoms with Crippen molar-refractivity contribution in [3.05, 3.63) is 90.0 Å². The lowest BCUT2D eigenvalue weighted by Gasteiger charge is -2.28. The average molecular weight is 390 g/mol. The molecule has 0 fully saturated rings. The number of aliphatic hydroxyl groups is 2. The van der Waals surface area contributed by atoms with E-state index < -0.39 is 0 Å². The fourth-order valence-electron chi connectivity index (χ4n) is 3.33. The minimum atomic E-state index is -0.270. The van der Waals surface area contributed by atoms with Crippen molar-refractivity contribution >= 4 is 17.1 Å². The zero-order valence-electron chi connectivity index (χ0n) is 17.8. The van der Waals surface area contributed by atoms with Gasteiger partial charge in [-0.25, -0.2) is 0 Å². The molecule has 0 heterocycles. The fraction of sp³-hybridized carbons (Fsp3) is 0.308. The van der Waals surface area contributed by atoms with E-state index >= 15 is 0 Å². The number of aliphatic hydroxyl groups excluding tert-OH is 2. The molecule has 0 spiro atoms. The molecule has 0 unspecified atom stereocenters. The van der Waals surface area contributed by atoms with E-state index in [0.717, 1.165) is 28.2 Å². The first-order chi connectivity index (χ1) is 13.8. The second kappa shape index (κ2) is 8.40. The maximum Gasteiger partial charge on any atom is 0.0522 e. The summed E-state index contributed by atoms with van der Waals surface area (Å²) in [6.07, 6.45) is 0. The zero-order valence-corrected chi connectivity index (χ0v) is 17.8. The molecule has 3 heteroatoms. The molecule has 0 atom stereocenters. The summed E-state index contributed by atoms with van der Waals surface area (Å²) in [7, 11) is 0. The molecule has 29 heavy (non-hydrogen) atoms. The van der Waals surface area contributed by atoms with Gasteiger partial charge >= 0.3 is 0 Å². The Labute approximate surface area is 174 Å². The molecule has 0 aliphatic heterocycles. The van der Waals surface area contributed by atoms with Gasteiger partial charge in [-0.1, -0.05) is 70.2 Å². The van der Waals surface area contributed by atoms with Gasteiger partial charge in [0.15, 0.2) is 0 Å². The predicted molar refractivity (Wildman–Crippen MR) is 121 cm³/mol. The van der Waals surface area contributed by atoms with Crippen LogP contribution in [0.25, 0.3) is 0 Å². The molecule has 2 N–H and O–H groups in total. The minimum absolute atomic E-state index is 0.108. The highest BCUT2D eigenvalue weighted by Gasteiger charge is 2.22. The van der Waals surface area contributed by atoms with Crippen LogP contribution in [0.3, 0.4) is 0 Å². The molecular formula is C26H31NO2. The first-order valence-corrected chi connectivity index (χ1v) is 10.1. The summed E-state index contributed by atoms with van der Waals surface area (Å²) in [6.45, 7) is 8.38. The molecular weight excluding hydrogens is 358 g/mol. The van der Waals surface area contributed by atoms with Crippen LogP contribution in [0.1, 0.15) is 38.8 Å². The summed E-state index contributed by atoms with van der Waals surface area (Å²) in [5.41, 5.74) is 4.87. The SMILES string of the molecule is CC(C)(CO)c1ccc(N(c2ccccc2)c2ccc(C(C)(C)CO)cc2)cc1. The predicted octanol–water partition coefficient (Wildman–Crippen LogP) is 5.70. The van der Waals surface area contributed by atoms with Crippen LogP contribution in [-0.2, 0) is 10.8 Å². The van der Waals surface area contributed by atoms with Crippen LogP contribution < -0.4 is 4.90 Å².